The number of hydrogen-bond donors (Lipinski definition) is 2. The monoisotopic (exact) mass is 412 g/mol. The van der Waals surface area contributed by atoms with Gasteiger partial charge in [-0.2, -0.15) is 0 Å². The maximum Gasteiger partial charge on any atom is 0.261 e. The minimum Gasteiger partial charge on any atom is -0.326 e. The van der Waals surface area contributed by atoms with Crippen molar-refractivity contribution in [3.05, 3.63) is 89.7 Å². The lowest BCUT2D eigenvalue weighted by Gasteiger charge is -2.09. The lowest BCUT2D eigenvalue weighted by Crippen LogP contribution is -2.13. The van der Waals surface area contributed by atoms with Gasteiger partial charge in [0.25, 0.3) is 10.0 Å². The molecule has 3 aromatic carbocycles. The van der Waals surface area contributed by atoms with Crippen LogP contribution in [0.3, 0.4) is 0 Å². The molecule has 3 aromatic rings. The van der Waals surface area contributed by atoms with Crippen LogP contribution in [-0.4, -0.2) is 14.3 Å². The van der Waals surface area contributed by atoms with E-state index in [4.69, 9.17) is 0 Å². The fourth-order valence-electron chi connectivity index (χ4n) is 2.72. The van der Waals surface area contributed by atoms with Gasteiger partial charge in [-0.05, 0) is 61.4 Å². The van der Waals surface area contributed by atoms with E-state index in [1.54, 1.807) is 30.3 Å². The summed E-state index contributed by atoms with van der Waals surface area (Å²) in [5, 5.41) is 2.64. The molecule has 0 aromatic heterocycles. The third-order valence-corrected chi connectivity index (χ3v) is 5.68. The standard InChI is InChI=1S/C22H21FN2O3S/c1-16-5-10-19(11-6-16)25-29(27,28)21-12-7-17(8-13-21)9-14-22(26)24-20-4-2-3-18(23)15-20/h2-8,10-13,15,25H,9,14H2,1H3,(H,24,26). The number of anilines is 2. The SMILES string of the molecule is Cc1ccc(NS(=O)(=O)c2ccc(CCC(=O)Nc3cccc(F)c3)cc2)cc1. The minimum atomic E-state index is -3.68. The highest BCUT2D eigenvalue weighted by atomic mass is 32.2. The molecule has 0 saturated heterocycles. The Labute approximate surface area is 169 Å². The molecule has 0 radical (unpaired) electrons. The highest BCUT2D eigenvalue weighted by Gasteiger charge is 2.14. The Morgan fingerprint density at radius 3 is 2.28 bits per heavy atom. The first-order chi connectivity index (χ1) is 13.8. The summed E-state index contributed by atoms with van der Waals surface area (Å²) in [6.45, 7) is 1.93. The molecule has 0 aliphatic carbocycles. The normalized spacial score (nSPS) is 11.1. The van der Waals surface area contributed by atoms with Crippen molar-refractivity contribution >= 4 is 27.3 Å². The van der Waals surface area contributed by atoms with Crippen molar-refractivity contribution in [2.75, 3.05) is 10.0 Å². The van der Waals surface area contributed by atoms with E-state index in [1.165, 1.54) is 30.3 Å². The maximum absolute atomic E-state index is 13.2. The molecule has 0 saturated carbocycles. The average molecular weight is 412 g/mol. The van der Waals surface area contributed by atoms with Gasteiger partial charge >= 0.3 is 0 Å². The van der Waals surface area contributed by atoms with Crippen LogP contribution in [-0.2, 0) is 21.2 Å². The summed E-state index contributed by atoms with van der Waals surface area (Å²) in [4.78, 5) is 12.2. The van der Waals surface area contributed by atoms with E-state index in [0.717, 1.165) is 11.1 Å². The molecule has 0 unspecified atom stereocenters. The van der Waals surface area contributed by atoms with Crippen molar-refractivity contribution < 1.29 is 17.6 Å². The van der Waals surface area contributed by atoms with Crippen molar-refractivity contribution in [2.24, 2.45) is 0 Å². The molecule has 150 valence electrons. The Morgan fingerprint density at radius 2 is 1.62 bits per heavy atom. The van der Waals surface area contributed by atoms with Crippen LogP contribution in [0, 0.1) is 12.7 Å². The zero-order valence-electron chi connectivity index (χ0n) is 15.9. The molecule has 0 atom stereocenters. The van der Waals surface area contributed by atoms with Crippen LogP contribution in [0.4, 0.5) is 15.8 Å². The van der Waals surface area contributed by atoms with E-state index in [1.807, 2.05) is 19.1 Å². The second kappa shape index (κ2) is 8.87. The number of halogens is 1. The van der Waals surface area contributed by atoms with Crippen LogP contribution in [0.15, 0.2) is 77.7 Å². The minimum absolute atomic E-state index is 0.144. The predicted molar refractivity (Wildman–Crippen MR) is 112 cm³/mol. The van der Waals surface area contributed by atoms with Crippen molar-refractivity contribution in [2.45, 2.75) is 24.7 Å². The summed E-state index contributed by atoms with van der Waals surface area (Å²) in [6.07, 6.45) is 0.636. The van der Waals surface area contributed by atoms with Crippen LogP contribution in [0.2, 0.25) is 0 Å². The lowest BCUT2D eigenvalue weighted by molar-refractivity contribution is -0.116. The van der Waals surface area contributed by atoms with Gasteiger partial charge in [0, 0.05) is 17.8 Å². The van der Waals surface area contributed by atoms with Gasteiger partial charge in [-0.25, -0.2) is 12.8 Å². The first-order valence-corrected chi connectivity index (χ1v) is 10.5. The second-order valence-electron chi connectivity index (χ2n) is 6.67. The van der Waals surface area contributed by atoms with Gasteiger partial charge in [0.2, 0.25) is 5.91 Å². The molecular formula is C22H21FN2O3S. The molecule has 2 N–H and O–H groups in total. The number of rotatable bonds is 7. The van der Waals surface area contributed by atoms with Crippen molar-refractivity contribution in [1.29, 1.82) is 0 Å². The Morgan fingerprint density at radius 1 is 0.931 bits per heavy atom. The van der Waals surface area contributed by atoms with E-state index in [9.17, 15) is 17.6 Å². The molecule has 29 heavy (non-hydrogen) atoms. The summed E-state index contributed by atoms with van der Waals surface area (Å²) in [6, 6.07) is 19.1. The van der Waals surface area contributed by atoms with Gasteiger partial charge in [0.15, 0.2) is 0 Å². The smallest absolute Gasteiger partial charge is 0.261 e. The molecule has 5 nitrogen and oxygen atoms in total. The Bertz CT molecular complexity index is 1100. The molecule has 0 spiro atoms. The van der Waals surface area contributed by atoms with E-state index in [2.05, 4.69) is 10.0 Å². The van der Waals surface area contributed by atoms with E-state index < -0.39 is 15.8 Å². The number of aryl methyl sites for hydroxylation is 2. The molecule has 1 amide bonds. The number of sulfonamides is 1. The van der Waals surface area contributed by atoms with E-state index >= 15 is 0 Å². The zero-order chi connectivity index (χ0) is 20.9. The van der Waals surface area contributed by atoms with Crippen molar-refractivity contribution in [3.63, 3.8) is 0 Å². The van der Waals surface area contributed by atoms with E-state index in [0.29, 0.717) is 17.8 Å². The number of carbonyl (C=O) groups is 1. The molecule has 0 fully saturated rings. The molecule has 0 aliphatic rings. The molecule has 7 heteroatoms. The Kier molecular flexibility index (Phi) is 6.29. The summed E-state index contributed by atoms with van der Waals surface area (Å²) < 4.78 is 40.7. The largest absolute Gasteiger partial charge is 0.326 e. The third kappa shape index (κ3) is 5.89. The summed E-state index contributed by atoms with van der Waals surface area (Å²) in [5.41, 5.74) is 2.76. The van der Waals surface area contributed by atoms with Crippen molar-refractivity contribution in [1.82, 2.24) is 0 Å². The van der Waals surface area contributed by atoms with E-state index in [-0.39, 0.29) is 17.2 Å². The Hall–Kier alpha value is -3.19. The second-order valence-corrected chi connectivity index (χ2v) is 8.36. The first kappa shape index (κ1) is 20.5. The topological polar surface area (TPSA) is 75.3 Å². The van der Waals surface area contributed by atoms with Crippen LogP contribution in [0.5, 0.6) is 0 Å². The van der Waals surface area contributed by atoms with Gasteiger partial charge < -0.3 is 5.32 Å². The van der Waals surface area contributed by atoms with Crippen molar-refractivity contribution in [3.8, 4) is 0 Å². The molecule has 0 heterocycles. The molecule has 0 aliphatic heterocycles. The number of nitrogens with one attached hydrogen (secondary N) is 2. The fourth-order valence-corrected chi connectivity index (χ4v) is 3.78. The molecule has 0 bridgehead atoms. The van der Waals surface area contributed by atoms with Gasteiger partial charge in [0.05, 0.1) is 4.90 Å². The number of hydrogen-bond acceptors (Lipinski definition) is 3. The van der Waals surface area contributed by atoms with Gasteiger partial charge in [0.1, 0.15) is 5.82 Å². The first-order valence-electron chi connectivity index (χ1n) is 9.06. The lowest BCUT2D eigenvalue weighted by atomic mass is 10.1. The van der Waals surface area contributed by atoms with Crippen LogP contribution in [0.1, 0.15) is 17.5 Å². The number of amides is 1. The highest BCUT2D eigenvalue weighted by Crippen LogP contribution is 2.18. The average Bonchev–Trinajstić information content (AvgIpc) is 2.68. The summed E-state index contributed by atoms with van der Waals surface area (Å²) >= 11 is 0. The predicted octanol–water partition coefficient (Wildman–Crippen LogP) is 4.51. The van der Waals surface area contributed by atoms with Gasteiger partial charge in [-0.3, -0.25) is 9.52 Å². The highest BCUT2D eigenvalue weighted by molar-refractivity contribution is 7.92. The molecular weight excluding hydrogens is 391 g/mol. The number of carbonyl (C=O) groups excluding carboxylic acids is 1. The fraction of sp³-hybridized carbons (Fsp3) is 0.136. The third-order valence-electron chi connectivity index (χ3n) is 4.29. The van der Waals surface area contributed by atoms with Gasteiger partial charge in [-0.15, -0.1) is 0 Å². The zero-order valence-corrected chi connectivity index (χ0v) is 16.7. The summed E-state index contributed by atoms with van der Waals surface area (Å²) in [5.74, 6) is -0.660. The summed E-state index contributed by atoms with van der Waals surface area (Å²) in [7, 11) is -3.68. The van der Waals surface area contributed by atoms with Gasteiger partial charge in [-0.1, -0.05) is 35.9 Å². The quantitative estimate of drug-likeness (QED) is 0.600. The molecule has 3 rings (SSSR count). The van der Waals surface area contributed by atoms with Crippen LogP contribution >= 0.6 is 0 Å². The Balaban J connectivity index is 1.58. The van der Waals surface area contributed by atoms with Crippen LogP contribution in [0.25, 0.3) is 0 Å². The maximum atomic E-state index is 13.2. The number of benzene rings is 3. The van der Waals surface area contributed by atoms with Crippen LogP contribution < -0.4 is 10.0 Å².